The van der Waals surface area contributed by atoms with Gasteiger partial charge < -0.3 is 29.0 Å². The standard InChI is InChI=1S/C26H28FN3O7S/c1-34-21-15-18(14-20(27)23(21)37-26(33)36-12-11-35-10-9-31)24(32)29-25-28-16-22(38-25)17-5-4-6-19(13-17)30-7-2-3-8-30/h4-6,13-16,31H,2-3,7-12H2,1H3,(H,28,29,32). The normalized spacial score (nSPS) is 12.9. The van der Waals surface area contributed by atoms with E-state index >= 15 is 0 Å². The first-order valence-corrected chi connectivity index (χ1v) is 12.8. The van der Waals surface area contributed by atoms with Crippen LogP contribution in [0.4, 0.5) is 20.0 Å². The third kappa shape index (κ3) is 6.97. The molecule has 2 heterocycles. The Hall–Kier alpha value is -3.74. The van der Waals surface area contributed by atoms with Crippen LogP contribution in [0.5, 0.6) is 11.5 Å². The van der Waals surface area contributed by atoms with Crippen LogP contribution in [0.2, 0.25) is 0 Å². The van der Waals surface area contributed by atoms with E-state index in [0.29, 0.717) is 5.13 Å². The lowest BCUT2D eigenvalue weighted by Gasteiger charge is -2.18. The van der Waals surface area contributed by atoms with Crippen molar-refractivity contribution in [3.8, 4) is 21.9 Å². The number of hydrogen-bond acceptors (Lipinski definition) is 10. The molecule has 2 aromatic carbocycles. The molecule has 1 saturated heterocycles. The molecule has 0 radical (unpaired) electrons. The number of aromatic nitrogens is 1. The molecule has 3 aromatic rings. The highest BCUT2D eigenvalue weighted by Crippen LogP contribution is 2.34. The number of aliphatic hydroxyl groups is 1. The van der Waals surface area contributed by atoms with Crippen molar-refractivity contribution >= 4 is 34.2 Å². The molecule has 0 unspecified atom stereocenters. The monoisotopic (exact) mass is 545 g/mol. The number of benzene rings is 2. The van der Waals surface area contributed by atoms with Crippen molar-refractivity contribution < 1.29 is 38.0 Å². The lowest BCUT2D eigenvalue weighted by atomic mass is 10.1. The number of carbonyl (C=O) groups is 2. The van der Waals surface area contributed by atoms with Crippen molar-refractivity contribution in [3.63, 3.8) is 0 Å². The number of anilines is 2. The number of amides is 1. The summed E-state index contributed by atoms with van der Waals surface area (Å²) in [6, 6.07) is 10.4. The van der Waals surface area contributed by atoms with E-state index in [-0.39, 0.29) is 37.7 Å². The predicted octanol–water partition coefficient (Wildman–Crippen LogP) is 4.33. The molecule has 1 aromatic heterocycles. The molecule has 1 aliphatic rings. The maximum atomic E-state index is 14.8. The van der Waals surface area contributed by atoms with Crippen molar-refractivity contribution in [1.82, 2.24) is 4.98 Å². The number of rotatable bonds is 11. The van der Waals surface area contributed by atoms with Crippen LogP contribution in [0.15, 0.2) is 42.6 Å². The van der Waals surface area contributed by atoms with Crippen LogP contribution in [-0.2, 0) is 9.47 Å². The lowest BCUT2D eigenvalue weighted by molar-refractivity contribution is 0.0386. The summed E-state index contributed by atoms with van der Waals surface area (Å²) in [4.78, 5) is 32.2. The third-order valence-electron chi connectivity index (χ3n) is 5.69. The van der Waals surface area contributed by atoms with E-state index < -0.39 is 23.6 Å². The second kappa shape index (κ2) is 13.2. The van der Waals surface area contributed by atoms with Crippen LogP contribution in [0.3, 0.4) is 0 Å². The molecule has 1 aliphatic heterocycles. The number of aliphatic hydroxyl groups excluding tert-OH is 1. The molecular weight excluding hydrogens is 517 g/mol. The smallest absolute Gasteiger partial charge is 0.493 e. The number of nitrogens with one attached hydrogen (secondary N) is 1. The van der Waals surface area contributed by atoms with Gasteiger partial charge >= 0.3 is 6.16 Å². The van der Waals surface area contributed by atoms with Crippen LogP contribution >= 0.6 is 11.3 Å². The van der Waals surface area contributed by atoms with E-state index in [4.69, 9.17) is 24.1 Å². The molecule has 1 fully saturated rings. The first-order valence-electron chi connectivity index (χ1n) is 12.0. The highest BCUT2D eigenvalue weighted by Gasteiger charge is 2.21. The lowest BCUT2D eigenvalue weighted by Crippen LogP contribution is -2.17. The Morgan fingerprint density at radius 2 is 1.97 bits per heavy atom. The summed E-state index contributed by atoms with van der Waals surface area (Å²) in [6.07, 6.45) is 2.88. The summed E-state index contributed by atoms with van der Waals surface area (Å²) in [6.45, 7) is 1.90. The quantitative estimate of drug-likeness (QED) is 0.206. The summed E-state index contributed by atoms with van der Waals surface area (Å²) < 4.78 is 34.6. The fourth-order valence-corrected chi connectivity index (χ4v) is 4.69. The molecule has 0 spiro atoms. The van der Waals surface area contributed by atoms with Gasteiger partial charge in [-0.1, -0.05) is 23.5 Å². The molecule has 0 saturated carbocycles. The van der Waals surface area contributed by atoms with Gasteiger partial charge in [-0.2, -0.15) is 0 Å². The molecule has 2 N–H and O–H groups in total. The highest BCUT2D eigenvalue weighted by molar-refractivity contribution is 7.19. The van der Waals surface area contributed by atoms with E-state index in [1.54, 1.807) is 6.20 Å². The SMILES string of the molecule is COc1cc(C(=O)Nc2ncc(-c3cccc(N4CCCC4)c3)s2)cc(F)c1OC(=O)OCCOCCO. The van der Waals surface area contributed by atoms with Gasteiger partial charge in [-0.25, -0.2) is 14.2 Å². The molecule has 1 amide bonds. The zero-order valence-electron chi connectivity index (χ0n) is 20.8. The predicted molar refractivity (Wildman–Crippen MR) is 140 cm³/mol. The van der Waals surface area contributed by atoms with Crippen LogP contribution in [-0.4, -0.2) is 68.8 Å². The number of methoxy groups -OCH3 is 1. The van der Waals surface area contributed by atoms with Gasteiger partial charge in [0.2, 0.25) is 5.75 Å². The molecule has 0 bridgehead atoms. The summed E-state index contributed by atoms with van der Waals surface area (Å²) >= 11 is 1.30. The van der Waals surface area contributed by atoms with E-state index in [9.17, 15) is 14.0 Å². The van der Waals surface area contributed by atoms with Gasteiger partial charge in [0.25, 0.3) is 5.91 Å². The van der Waals surface area contributed by atoms with Crippen LogP contribution in [0.25, 0.3) is 10.4 Å². The Balaban J connectivity index is 1.40. The molecule has 38 heavy (non-hydrogen) atoms. The molecule has 0 atom stereocenters. The van der Waals surface area contributed by atoms with Gasteiger partial charge in [0.15, 0.2) is 16.7 Å². The van der Waals surface area contributed by atoms with Crippen molar-refractivity contribution in [2.75, 3.05) is 56.8 Å². The summed E-state index contributed by atoms with van der Waals surface area (Å²) in [5.41, 5.74) is 2.10. The van der Waals surface area contributed by atoms with Crippen molar-refractivity contribution in [3.05, 3.63) is 54.0 Å². The molecule has 0 aliphatic carbocycles. The fourth-order valence-electron chi connectivity index (χ4n) is 3.88. The molecule has 10 nitrogen and oxygen atoms in total. The number of thiazole rings is 1. The minimum atomic E-state index is -1.17. The molecular formula is C26H28FN3O7S. The number of carbonyl (C=O) groups excluding carboxylic acids is 2. The van der Waals surface area contributed by atoms with E-state index in [0.717, 1.165) is 35.3 Å². The number of hydrogen-bond donors (Lipinski definition) is 2. The number of nitrogens with zero attached hydrogens (tertiary/aromatic N) is 2. The van der Waals surface area contributed by atoms with Crippen molar-refractivity contribution in [2.24, 2.45) is 0 Å². The Labute approximate surface area is 222 Å². The largest absolute Gasteiger partial charge is 0.514 e. The Morgan fingerprint density at radius 3 is 2.74 bits per heavy atom. The maximum absolute atomic E-state index is 14.8. The Kier molecular flexibility index (Phi) is 9.46. The zero-order valence-corrected chi connectivity index (χ0v) is 21.6. The number of halogens is 1. The van der Waals surface area contributed by atoms with Crippen LogP contribution in [0, 0.1) is 5.82 Å². The fraction of sp³-hybridized carbons (Fsp3) is 0.346. The Bertz CT molecular complexity index is 1260. The minimum absolute atomic E-state index is 0.0384. The third-order valence-corrected chi connectivity index (χ3v) is 6.65. The van der Waals surface area contributed by atoms with Crippen molar-refractivity contribution in [1.29, 1.82) is 0 Å². The average molecular weight is 546 g/mol. The highest BCUT2D eigenvalue weighted by atomic mass is 32.1. The van der Waals surface area contributed by atoms with E-state index in [1.165, 1.54) is 37.4 Å². The molecule has 12 heteroatoms. The van der Waals surface area contributed by atoms with Gasteiger partial charge in [0, 0.05) is 30.5 Å². The first-order chi connectivity index (χ1) is 18.5. The van der Waals surface area contributed by atoms with Gasteiger partial charge in [-0.05, 0) is 42.7 Å². The van der Waals surface area contributed by atoms with Crippen molar-refractivity contribution in [2.45, 2.75) is 12.8 Å². The summed E-state index contributed by atoms with van der Waals surface area (Å²) in [5, 5.41) is 11.7. The van der Waals surface area contributed by atoms with Gasteiger partial charge in [-0.15, -0.1) is 0 Å². The minimum Gasteiger partial charge on any atom is -0.493 e. The van der Waals surface area contributed by atoms with E-state index in [2.05, 4.69) is 27.3 Å². The van der Waals surface area contributed by atoms with Gasteiger partial charge in [0.05, 0.1) is 31.8 Å². The maximum Gasteiger partial charge on any atom is 0.514 e. The van der Waals surface area contributed by atoms with Gasteiger partial charge in [0.1, 0.15) is 6.61 Å². The second-order valence-corrected chi connectivity index (χ2v) is 9.28. The topological polar surface area (TPSA) is 119 Å². The Morgan fingerprint density at radius 1 is 1.16 bits per heavy atom. The number of ether oxygens (including phenoxy) is 4. The second-order valence-electron chi connectivity index (χ2n) is 8.25. The first kappa shape index (κ1) is 27.3. The zero-order chi connectivity index (χ0) is 26.9. The van der Waals surface area contributed by atoms with Crippen LogP contribution in [0.1, 0.15) is 23.2 Å². The average Bonchev–Trinajstić information content (AvgIpc) is 3.62. The summed E-state index contributed by atoms with van der Waals surface area (Å²) in [5.74, 6) is -2.27. The van der Waals surface area contributed by atoms with Gasteiger partial charge in [-0.3, -0.25) is 10.1 Å². The van der Waals surface area contributed by atoms with E-state index in [1.807, 2.05) is 12.1 Å². The molecule has 202 valence electrons. The van der Waals surface area contributed by atoms with Crippen LogP contribution < -0.4 is 19.7 Å². The molecule has 4 rings (SSSR count). The summed E-state index contributed by atoms with van der Waals surface area (Å²) in [7, 11) is 1.25.